The molecule has 2 aliphatic carbocycles. The molecule has 0 amide bonds. The number of aliphatic hydroxyl groups excluding tert-OH is 2. The maximum Gasteiger partial charge on any atom is 0.0548 e. The first-order chi connectivity index (χ1) is 19.6. The minimum Gasteiger partial charge on any atom is -0.393 e. The lowest BCUT2D eigenvalue weighted by Gasteiger charge is -2.45. The van der Waals surface area contributed by atoms with Crippen LogP contribution in [0.4, 0.5) is 0 Å². The van der Waals surface area contributed by atoms with Crippen LogP contribution in [0.5, 0.6) is 0 Å². The molecule has 0 bridgehead atoms. The van der Waals surface area contributed by atoms with E-state index in [9.17, 15) is 10.2 Å². The van der Waals surface area contributed by atoms with Gasteiger partial charge in [0.2, 0.25) is 0 Å². The molecule has 0 unspecified atom stereocenters. The van der Waals surface area contributed by atoms with E-state index in [2.05, 4.69) is 93.5 Å². The van der Waals surface area contributed by atoms with Gasteiger partial charge in [-0.2, -0.15) is 0 Å². The van der Waals surface area contributed by atoms with Crippen LogP contribution in [0.1, 0.15) is 159 Å². The van der Waals surface area contributed by atoms with Crippen LogP contribution < -0.4 is 0 Å². The summed E-state index contributed by atoms with van der Waals surface area (Å²) in [6, 6.07) is 0. The summed E-state index contributed by atoms with van der Waals surface area (Å²) in [7, 11) is 0. The van der Waals surface area contributed by atoms with Crippen LogP contribution in [-0.2, 0) is 0 Å². The van der Waals surface area contributed by atoms with Crippen molar-refractivity contribution in [1.82, 2.24) is 0 Å². The van der Waals surface area contributed by atoms with Crippen LogP contribution in [0.2, 0.25) is 0 Å². The Labute approximate surface area is 263 Å². The quantitative estimate of drug-likeness (QED) is 0.166. The molecule has 0 aliphatic heterocycles. The van der Waals surface area contributed by atoms with Gasteiger partial charge >= 0.3 is 0 Å². The number of hydrogen-bond donors (Lipinski definition) is 2. The van der Waals surface area contributed by atoms with Gasteiger partial charge in [-0.05, 0) is 110 Å². The molecule has 10 atom stereocenters. The normalized spacial score (nSPS) is 32.7. The van der Waals surface area contributed by atoms with Gasteiger partial charge in [0.15, 0.2) is 0 Å². The Hall–Kier alpha value is -0.600. The molecule has 2 nitrogen and oxygen atoms in total. The largest absolute Gasteiger partial charge is 0.393 e. The fourth-order valence-electron chi connectivity index (χ4n) is 9.01. The van der Waals surface area contributed by atoms with E-state index in [1.165, 1.54) is 64.2 Å². The van der Waals surface area contributed by atoms with E-state index in [4.69, 9.17) is 0 Å². The topological polar surface area (TPSA) is 40.5 Å². The number of hydrogen-bond acceptors (Lipinski definition) is 2. The predicted octanol–water partition coefficient (Wildman–Crippen LogP) is 11.4. The standard InChI is InChI=1S/C40H74O2/c1-29(17-13-19-31(3)21-23-37-33(5)25-35(41)27-39(37,7)8)15-11-12-16-30(2)18-14-20-32(4)22-24-38-34(6)26-36(42)28-40(38,9)10/h11-12,21,23,29-38,41-42H,13-20,22,24-28H2,1-10H3/b12-11+,23-21+/t29-,30+,31+,32+,33-,34+,35+,36+,37+,38+/m1/s1. The van der Waals surface area contributed by atoms with E-state index in [-0.39, 0.29) is 23.0 Å². The molecule has 0 radical (unpaired) electrons. The van der Waals surface area contributed by atoms with E-state index in [0.29, 0.717) is 23.7 Å². The molecule has 0 aromatic carbocycles. The first-order valence-electron chi connectivity index (χ1n) is 18.3. The van der Waals surface area contributed by atoms with Gasteiger partial charge in [0.25, 0.3) is 0 Å². The zero-order valence-electron chi connectivity index (χ0n) is 29.9. The summed E-state index contributed by atoms with van der Waals surface area (Å²) in [6.07, 6.45) is 26.6. The third-order valence-electron chi connectivity index (χ3n) is 11.6. The highest BCUT2D eigenvalue weighted by molar-refractivity contribution is 5.03. The molecule has 0 heterocycles. The lowest BCUT2D eigenvalue weighted by Crippen LogP contribution is -2.40. The Bertz CT molecular complexity index is 793. The molecule has 2 aliphatic rings. The van der Waals surface area contributed by atoms with Gasteiger partial charge in [0, 0.05) is 0 Å². The van der Waals surface area contributed by atoms with Crippen molar-refractivity contribution in [1.29, 1.82) is 0 Å². The third kappa shape index (κ3) is 13.2. The third-order valence-corrected chi connectivity index (χ3v) is 11.6. The minimum atomic E-state index is -0.124. The van der Waals surface area contributed by atoms with Gasteiger partial charge in [-0.3, -0.25) is 0 Å². The maximum atomic E-state index is 10.2. The van der Waals surface area contributed by atoms with Crippen LogP contribution in [0.15, 0.2) is 24.3 Å². The number of rotatable bonds is 17. The fraction of sp³-hybridized carbons (Fsp3) is 0.900. The Kier molecular flexibility index (Phi) is 15.9. The second-order valence-corrected chi connectivity index (χ2v) is 17.3. The van der Waals surface area contributed by atoms with E-state index < -0.39 is 0 Å². The van der Waals surface area contributed by atoms with Crippen LogP contribution in [0.25, 0.3) is 0 Å². The summed E-state index contributed by atoms with van der Waals surface area (Å²) >= 11 is 0. The van der Waals surface area contributed by atoms with E-state index in [0.717, 1.165) is 49.4 Å². The molecule has 42 heavy (non-hydrogen) atoms. The zero-order chi connectivity index (χ0) is 31.5. The van der Waals surface area contributed by atoms with Crippen molar-refractivity contribution in [3.05, 3.63) is 24.3 Å². The average Bonchev–Trinajstić information content (AvgIpc) is 2.84. The summed E-state index contributed by atoms with van der Waals surface area (Å²) in [5, 5.41) is 20.4. The van der Waals surface area contributed by atoms with Gasteiger partial charge in [0.05, 0.1) is 12.2 Å². The van der Waals surface area contributed by atoms with Crippen molar-refractivity contribution < 1.29 is 10.2 Å². The van der Waals surface area contributed by atoms with Crippen molar-refractivity contribution in [2.45, 2.75) is 171 Å². The van der Waals surface area contributed by atoms with Gasteiger partial charge in [0.1, 0.15) is 0 Å². The highest BCUT2D eigenvalue weighted by Crippen LogP contribution is 2.47. The van der Waals surface area contributed by atoms with Crippen molar-refractivity contribution >= 4 is 0 Å². The highest BCUT2D eigenvalue weighted by atomic mass is 16.3. The SMILES string of the molecule is C[C@@H](CCC[C@@H](C)C/C=C/C[C@@H](C)CCC[C@H](C)/C=C/[C@H]1[C@H](C)C[C@H](O)CC1(C)C)CC[C@H]1[C@@H](C)C[C@H](O)CC1(C)C. The van der Waals surface area contributed by atoms with Crippen LogP contribution in [-0.4, -0.2) is 22.4 Å². The molecule has 2 heteroatoms. The molecule has 0 saturated heterocycles. The first-order valence-corrected chi connectivity index (χ1v) is 18.3. The van der Waals surface area contributed by atoms with Gasteiger partial charge in [-0.1, -0.05) is 132 Å². The minimum absolute atomic E-state index is 0.0926. The monoisotopic (exact) mass is 587 g/mol. The van der Waals surface area contributed by atoms with Crippen LogP contribution >= 0.6 is 0 Å². The molecule has 0 aromatic rings. The molecule has 2 N–H and O–H groups in total. The smallest absolute Gasteiger partial charge is 0.0548 e. The van der Waals surface area contributed by atoms with Crippen LogP contribution in [0, 0.1) is 58.2 Å². The molecular weight excluding hydrogens is 512 g/mol. The fourth-order valence-corrected chi connectivity index (χ4v) is 9.01. The average molecular weight is 587 g/mol. The molecule has 0 spiro atoms. The summed E-state index contributed by atoms with van der Waals surface area (Å²) in [5.41, 5.74) is 0.476. The van der Waals surface area contributed by atoms with Crippen molar-refractivity contribution in [3.8, 4) is 0 Å². The summed E-state index contributed by atoms with van der Waals surface area (Å²) in [5.74, 6) is 5.57. The van der Waals surface area contributed by atoms with Gasteiger partial charge in [-0.25, -0.2) is 0 Å². The van der Waals surface area contributed by atoms with Crippen molar-refractivity contribution in [3.63, 3.8) is 0 Å². The maximum absolute atomic E-state index is 10.2. The van der Waals surface area contributed by atoms with Gasteiger partial charge < -0.3 is 10.2 Å². The Morgan fingerprint density at radius 3 is 1.71 bits per heavy atom. The second-order valence-electron chi connectivity index (χ2n) is 17.3. The highest BCUT2D eigenvalue weighted by Gasteiger charge is 2.40. The zero-order valence-corrected chi connectivity index (χ0v) is 29.9. The molecule has 2 fully saturated rings. The number of aliphatic hydroxyl groups is 2. The van der Waals surface area contributed by atoms with Gasteiger partial charge in [-0.15, -0.1) is 0 Å². The molecule has 246 valence electrons. The Balaban J connectivity index is 1.55. The lowest BCUT2D eigenvalue weighted by molar-refractivity contribution is -0.0174. The van der Waals surface area contributed by atoms with Crippen molar-refractivity contribution in [2.24, 2.45) is 58.2 Å². The van der Waals surface area contributed by atoms with E-state index in [1.807, 2.05) is 0 Å². The van der Waals surface area contributed by atoms with E-state index >= 15 is 0 Å². The van der Waals surface area contributed by atoms with E-state index in [1.54, 1.807) is 0 Å². The summed E-state index contributed by atoms with van der Waals surface area (Å²) in [6.45, 7) is 23.8. The lowest BCUT2D eigenvalue weighted by atomic mass is 9.61. The predicted molar refractivity (Wildman–Crippen MR) is 184 cm³/mol. The molecule has 0 aromatic heterocycles. The second kappa shape index (κ2) is 17.8. The number of allylic oxidation sites excluding steroid dienone is 4. The molecule has 2 saturated carbocycles. The Morgan fingerprint density at radius 1 is 0.667 bits per heavy atom. The summed E-state index contributed by atoms with van der Waals surface area (Å²) < 4.78 is 0. The van der Waals surface area contributed by atoms with Crippen LogP contribution in [0.3, 0.4) is 0 Å². The summed E-state index contributed by atoms with van der Waals surface area (Å²) in [4.78, 5) is 0. The van der Waals surface area contributed by atoms with Crippen molar-refractivity contribution in [2.75, 3.05) is 0 Å². The molecular formula is C40H74O2. The molecule has 2 rings (SSSR count). The Morgan fingerprint density at radius 2 is 1.17 bits per heavy atom. The first kappa shape index (κ1) is 37.6.